The Kier molecular flexibility index (Phi) is 11.0. The summed E-state index contributed by atoms with van der Waals surface area (Å²) >= 11 is 0.188. The molecule has 4 heterocycles. The minimum atomic E-state index is -0.179. The second kappa shape index (κ2) is 16.7. The molecule has 0 N–H and O–H groups in total. The van der Waals surface area contributed by atoms with Gasteiger partial charge in [-0.2, -0.15) is 0 Å². The first-order chi connectivity index (χ1) is 31.0. The van der Waals surface area contributed by atoms with Crippen LogP contribution in [0.2, 0.25) is 0 Å². The van der Waals surface area contributed by atoms with E-state index in [0.717, 1.165) is 78.2 Å². The van der Waals surface area contributed by atoms with Crippen LogP contribution in [0.4, 0.5) is 22.7 Å². The van der Waals surface area contributed by atoms with E-state index < -0.39 is 0 Å². The van der Waals surface area contributed by atoms with E-state index in [1.165, 1.54) is 15.3 Å². The van der Waals surface area contributed by atoms with E-state index in [2.05, 4.69) is 237 Å². The van der Waals surface area contributed by atoms with Crippen molar-refractivity contribution in [2.45, 2.75) is 52.4 Å². The molecule has 0 atom stereocenters. The van der Waals surface area contributed by atoms with Gasteiger partial charge in [0.15, 0.2) is 0 Å². The van der Waals surface area contributed by atoms with Crippen molar-refractivity contribution in [1.82, 2.24) is 9.55 Å². The molecule has 0 aliphatic carbocycles. The summed E-state index contributed by atoms with van der Waals surface area (Å²) in [5, 5.41) is 3.53. The molecule has 65 heavy (non-hydrogen) atoms. The maximum absolute atomic E-state index is 6.91. The molecule has 3 aromatic heterocycles. The summed E-state index contributed by atoms with van der Waals surface area (Å²) in [5.74, 6) is 2.15. The monoisotopic (exact) mass is 1090 g/mol. The first-order valence-electron chi connectivity index (χ1n) is 21.9. The fourth-order valence-electron chi connectivity index (χ4n) is 9.09. The molecular weight excluding hydrogens is 1040 g/mol. The number of anilines is 4. The summed E-state index contributed by atoms with van der Waals surface area (Å²) < 4.78 is 10.4. The Balaban J connectivity index is 0.00000498. The van der Waals surface area contributed by atoms with Crippen molar-refractivity contribution in [3.63, 3.8) is 0 Å². The molecule has 0 amide bonds. The molecule has 1 aliphatic heterocycles. The van der Waals surface area contributed by atoms with Crippen LogP contribution in [0.25, 0.3) is 59.7 Å². The Morgan fingerprint density at radius 3 is 1.89 bits per heavy atom. The predicted octanol–water partition coefficient (Wildman–Crippen LogP) is 15.1. The standard InChI is InChI=1S/C58H47N4OSe.Pt/c1-57(2,3)40-32-41(60-37-61(52-27-16-15-26-51(52)60)55-44(38-18-9-7-10-19-38)23-17-24-45(55)39-20-11-8-12-21-39)34-43(33-40)63-42-28-29-47-46-22-13-14-25-50(46)62(53(47)35-42)54-36-49(58(4,5)6)48-30-31-64-56(48)59-54;/h7-33,36-37H,1-6H3;/q-3;. The summed E-state index contributed by atoms with van der Waals surface area (Å²) in [6, 6.07) is 65.7. The van der Waals surface area contributed by atoms with E-state index in [1.807, 2.05) is 6.07 Å². The van der Waals surface area contributed by atoms with Gasteiger partial charge in [-0.3, -0.25) is 0 Å². The summed E-state index contributed by atoms with van der Waals surface area (Å²) in [4.78, 5) is 12.2. The zero-order valence-electron chi connectivity index (χ0n) is 37.2. The van der Waals surface area contributed by atoms with Gasteiger partial charge in [-0.25, -0.2) is 0 Å². The first kappa shape index (κ1) is 42.8. The van der Waals surface area contributed by atoms with Gasteiger partial charge in [0, 0.05) is 49.3 Å². The Bertz CT molecular complexity index is 3320. The molecule has 0 unspecified atom stereocenters. The SMILES string of the molecule is CC(C)(C)c1cc(Oc2[c-]c3c(cc2)c2ccccc2n3-c2cc(C(C)(C)C)c3cc[se]c3n2)[c-]c(N2[CH-]N(c3c(-c4ccccc4)cccc3-c3ccccc3)c3ccccc32)c1.[Pt]. The molecule has 0 radical (unpaired) electrons. The van der Waals surface area contributed by atoms with E-state index in [1.54, 1.807) is 0 Å². The molecular formula is C58H47N4OPtSe-3. The van der Waals surface area contributed by atoms with Gasteiger partial charge in [0.2, 0.25) is 0 Å². The zero-order valence-corrected chi connectivity index (χ0v) is 41.2. The Morgan fingerprint density at radius 1 is 0.569 bits per heavy atom. The third-order valence-electron chi connectivity index (χ3n) is 12.3. The molecule has 0 saturated heterocycles. The average Bonchev–Trinajstić information content (AvgIpc) is 4.03. The van der Waals surface area contributed by atoms with Crippen LogP contribution in [0, 0.1) is 18.8 Å². The van der Waals surface area contributed by atoms with Gasteiger partial charge in [0.1, 0.15) is 0 Å². The molecule has 0 fully saturated rings. The topological polar surface area (TPSA) is 33.5 Å². The number of ether oxygens (including phenoxy) is 1. The van der Waals surface area contributed by atoms with Crippen LogP contribution in [0.3, 0.4) is 0 Å². The van der Waals surface area contributed by atoms with Crippen molar-refractivity contribution in [2.24, 2.45) is 0 Å². The second-order valence-electron chi connectivity index (χ2n) is 18.6. The van der Waals surface area contributed by atoms with Crippen LogP contribution in [0.1, 0.15) is 52.7 Å². The molecule has 324 valence electrons. The number of aromatic nitrogens is 2. The quantitative estimate of drug-likeness (QED) is 0.118. The number of nitrogens with zero attached hydrogens (tertiary/aromatic N) is 4. The van der Waals surface area contributed by atoms with Crippen molar-refractivity contribution in [3.8, 4) is 39.6 Å². The molecule has 1 aliphatic rings. The number of hydrogen-bond acceptors (Lipinski definition) is 4. The normalized spacial score (nSPS) is 12.8. The van der Waals surface area contributed by atoms with E-state index >= 15 is 0 Å². The van der Waals surface area contributed by atoms with Crippen LogP contribution in [0.15, 0.2) is 169 Å². The fourth-order valence-corrected chi connectivity index (χ4v) is 10.7. The van der Waals surface area contributed by atoms with E-state index in [4.69, 9.17) is 9.72 Å². The molecule has 7 heteroatoms. The summed E-state index contributed by atoms with van der Waals surface area (Å²) in [5.41, 5.74) is 13.0. The molecule has 5 nitrogen and oxygen atoms in total. The minimum absolute atomic E-state index is 0. The van der Waals surface area contributed by atoms with Crippen LogP contribution in [-0.2, 0) is 31.9 Å². The van der Waals surface area contributed by atoms with E-state index in [9.17, 15) is 0 Å². The molecule has 11 rings (SSSR count). The third-order valence-corrected chi connectivity index (χ3v) is 14.0. The van der Waals surface area contributed by atoms with Crippen LogP contribution < -0.4 is 14.5 Å². The molecule has 0 spiro atoms. The summed E-state index contributed by atoms with van der Waals surface area (Å²) in [6.45, 7) is 15.8. The maximum atomic E-state index is 6.91. The van der Waals surface area contributed by atoms with Crippen molar-refractivity contribution in [2.75, 3.05) is 9.80 Å². The molecule has 10 aromatic rings. The van der Waals surface area contributed by atoms with Crippen molar-refractivity contribution < 1.29 is 25.8 Å². The van der Waals surface area contributed by atoms with Crippen molar-refractivity contribution in [1.29, 1.82) is 0 Å². The Hall–Kier alpha value is -6.16. The van der Waals surface area contributed by atoms with Gasteiger partial charge in [-0.05, 0) is 23.3 Å². The van der Waals surface area contributed by atoms with Gasteiger partial charge < -0.3 is 4.90 Å². The molecule has 0 bridgehead atoms. The summed E-state index contributed by atoms with van der Waals surface area (Å²) in [6.07, 6.45) is 0. The number of rotatable bonds is 7. The number of benzene rings is 7. The number of pyridine rings is 1. The summed E-state index contributed by atoms with van der Waals surface area (Å²) in [7, 11) is 0. The Morgan fingerprint density at radius 2 is 1.22 bits per heavy atom. The number of hydrogen-bond donors (Lipinski definition) is 0. The number of para-hydroxylation sites is 4. The predicted molar refractivity (Wildman–Crippen MR) is 267 cm³/mol. The zero-order chi connectivity index (χ0) is 43.7. The van der Waals surface area contributed by atoms with Gasteiger partial charge >= 0.3 is 209 Å². The fraction of sp³-hybridized carbons (Fsp3) is 0.138. The van der Waals surface area contributed by atoms with Crippen LogP contribution >= 0.6 is 0 Å². The van der Waals surface area contributed by atoms with Gasteiger partial charge in [0.05, 0.1) is 0 Å². The van der Waals surface area contributed by atoms with Gasteiger partial charge in [0.25, 0.3) is 0 Å². The second-order valence-corrected chi connectivity index (χ2v) is 20.5. The minimum Gasteiger partial charge on any atom is -0.472 e. The van der Waals surface area contributed by atoms with Gasteiger partial charge in [-0.1, -0.05) is 112 Å². The third kappa shape index (κ3) is 7.72. The smallest absolute Gasteiger partial charge is 0.472 e. The first-order valence-corrected chi connectivity index (χ1v) is 23.7. The van der Waals surface area contributed by atoms with Crippen molar-refractivity contribution in [3.05, 3.63) is 199 Å². The van der Waals surface area contributed by atoms with E-state index in [-0.39, 0.29) is 46.4 Å². The van der Waals surface area contributed by atoms with Crippen LogP contribution in [-0.4, -0.2) is 24.1 Å². The average molecular weight is 1090 g/mol. The molecule has 7 aromatic carbocycles. The number of fused-ring (bicyclic) bond motifs is 5. The molecule has 0 saturated carbocycles. The Labute approximate surface area is 402 Å². The van der Waals surface area contributed by atoms with Crippen molar-refractivity contribution >= 4 is 68.8 Å². The van der Waals surface area contributed by atoms with Gasteiger partial charge in [-0.15, -0.1) is 6.67 Å². The van der Waals surface area contributed by atoms with E-state index in [0.29, 0.717) is 11.5 Å². The van der Waals surface area contributed by atoms with Crippen LogP contribution in [0.5, 0.6) is 11.5 Å².